The molecule has 8 heteroatoms. The summed E-state index contributed by atoms with van der Waals surface area (Å²) in [5.41, 5.74) is 2.08. The van der Waals surface area contributed by atoms with Crippen LogP contribution in [0.15, 0.2) is 65.7 Å². The van der Waals surface area contributed by atoms with Gasteiger partial charge in [-0.3, -0.25) is 4.79 Å². The molecule has 2 heterocycles. The molecule has 1 fully saturated rings. The van der Waals surface area contributed by atoms with Gasteiger partial charge in [-0.2, -0.15) is 5.10 Å². The highest BCUT2D eigenvalue weighted by Crippen LogP contribution is 2.26. The predicted molar refractivity (Wildman–Crippen MR) is 111 cm³/mol. The Labute approximate surface area is 174 Å². The van der Waals surface area contributed by atoms with Crippen LogP contribution in [-0.2, 0) is 9.84 Å². The van der Waals surface area contributed by atoms with E-state index in [2.05, 4.69) is 5.10 Å². The molecular weight excluding hydrogens is 410 g/mol. The molecule has 0 saturated carbocycles. The van der Waals surface area contributed by atoms with Crippen molar-refractivity contribution in [1.82, 2.24) is 14.7 Å². The molecule has 1 amide bonds. The maximum Gasteiger partial charge on any atom is 0.257 e. The van der Waals surface area contributed by atoms with E-state index >= 15 is 0 Å². The van der Waals surface area contributed by atoms with Gasteiger partial charge in [0.15, 0.2) is 9.84 Å². The molecule has 3 aromatic rings. The third kappa shape index (κ3) is 3.68. The Bertz CT molecular complexity index is 1140. The standard InChI is InChI=1S/C21H20ClN3O3S/c1-15-20(13-23-25(15)17-5-3-2-4-6-17)21(26)24-12-11-19(14-24)29(27,28)18-9-7-16(22)8-10-18/h2-10,13,19H,11-12,14H2,1H3. The maximum atomic E-state index is 13.0. The number of rotatable bonds is 4. The number of hydrogen-bond acceptors (Lipinski definition) is 4. The summed E-state index contributed by atoms with van der Waals surface area (Å²) in [7, 11) is -3.53. The Morgan fingerprint density at radius 3 is 2.48 bits per heavy atom. The van der Waals surface area contributed by atoms with Crippen LogP contribution in [0.5, 0.6) is 0 Å². The van der Waals surface area contributed by atoms with Crippen LogP contribution in [0.25, 0.3) is 5.69 Å². The molecule has 6 nitrogen and oxygen atoms in total. The molecule has 1 unspecified atom stereocenters. The van der Waals surface area contributed by atoms with Crippen molar-refractivity contribution in [1.29, 1.82) is 0 Å². The van der Waals surface area contributed by atoms with Crippen molar-refractivity contribution in [3.05, 3.63) is 77.1 Å². The van der Waals surface area contributed by atoms with Crippen LogP contribution in [0.3, 0.4) is 0 Å². The topological polar surface area (TPSA) is 72.3 Å². The normalized spacial score (nSPS) is 16.9. The lowest BCUT2D eigenvalue weighted by atomic mass is 10.2. The summed E-state index contributed by atoms with van der Waals surface area (Å²) in [6.07, 6.45) is 1.95. The molecule has 0 radical (unpaired) electrons. The largest absolute Gasteiger partial charge is 0.337 e. The smallest absolute Gasteiger partial charge is 0.257 e. The maximum absolute atomic E-state index is 13.0. The van der Waals surface area contributed by atoms with E-state index < -0.39 is 15.1 Å². The molecule has 29 heavy (non-hydrogen) atoms. The van der Waals surface area contributed by atoms with Crippen molar-refractivity contribution < 1.29 is 13.2 Å². The fourth-order valence-corrected chi connectivity index (χ4v) is 5.42. The summed E-state index contributed by atoms with van der Waals surface area (Å²) in [6.45, 7) is 2.40. The van der Waals surface area contributed by atoms with Crippen molar-refractivity contribution >= 4 is 27.3 Å². The highest BCUT2D eigenvalue weighted by molar-refractivity contribution is 7.92. The second-order valence-electron chi connectivity index (χ2n) is 7.05. The average molecular weight is 430 g/mol. The van der Waals surface area contributed by atoms with Crippen LogP contribution in [0.4, 0.5) is 0 Å². The number of para-hydroxylation sites is 1. The summed E-state index contributed by atoms with van der Waals surface area (Å²) in [6, 6.07) is 15.7. The Balaban J connectivity index is 1.53. The summed E-state index contributed by atoms with van der Waals surface area (Å²) >= 11 is 5.86. The van der Waals surface area contributed by atoms with Crippen LogP contribution in [0.1, 0.15) is 22.5 Å². The zero-order valence-electron chi connectivity index (χ0n) is 15.8. The number of sulfone groups is 1. The molecule has 1 aliphatic heterocycles. The molecular formula is C21H20ClN3O3S. The van der Waals surface area contributed by atoms with Gasteiger partial charge in [0.05, 0.1) is 33.3 Å². The molecule has 0 N–H and O–H groups in total. The lowest BCUT2D eigenvalue weighted by Crippen LogP contribution is -2.32. The number of benzene rings is 2. The zero-order chi connectivity index (χ0) is 20.6. The van der Waals surface area contributed by atoms with Gasteiger partial charge in [-0.1, -0.05) is 29.8 Å². The first-order valence-electron chi connectivity index (χ1n) is 9.26. The van der Waals surface area contributed by atoms with Gasteiger partial charge in [0.25, 0.3) is 5.91 Å². The van der Waals surface area contributed by atoms with Crippen LogP contribution < -0.4 is 0 Å². The fraction of sp³-hybridized carbons (Fsp3) is 0.238. The summed E-state index contributed by atoms with van der Waals surface area (Å²) in [5, 5.41) is 4.20. The molecule has 2 aromatic carbocycles. The van der Waals surface area contributed by atoms with Gasteiger partial charge >= 0.3 is 0 Å². The Hall–Kier alpha value is -2.64. The summed E-state index contributed by atoms with van der Waals surface area (Å²) in [5.74, 6) is -0.196. The summed E-state index contributed by atoms with van der Waals surface area (Å²) in [4.78, 5) is 14.9. The van der Waals surface area contributed by atoms with E-state index in [4.69, 9.17) is 11.6 Å². The number of carbonyl (C=O) groups is 1. The van der Waals surface area contributed by atoms with E-state index in [1.807, 2.05) is 37.3 Å². The lowest BCUT2D eigenvalue weighted by molar-refractivity contribution is 0.0792. The minimum atomic E-state index is -3.53. The first-order valence-corrected chi connectivity index (χ1v) is 11.2. The van der Waals surface area contributed by atoms with Crippen molar-refractivity contribution in [3.8, 4) is 5.69 Å². The van der Waals surface area contributed by atoms with E-state index in [9.17, 15) is 13.2 Å². The van der Waals surface area contributed by atoms with E-state index in [-0.39, 0.29) is 17.3 Å². The third-order valence-corrected chi connectivity index (χ3v) is 7.70. The Morgan fingerprint density at radius 1 is 1.10 bits per heavy atom. The summed E-state index contributed by atoms with van der Waals surface area (Å²) < 4.78 is 27.5. The molecule has 1 atom stereocenters. The number of carbonyl (C=O) groups excluding carboxylic acids is 1. The molecule has 1 aromatic heterocycles. The van der Waals surface area contributed by atoms with E-state index in [0.29, 0.717) is 23.6 Å². The van der Waals surface area contributed by atoms with Gasteiger partial charge in [-0.25, -0.2) is 13.1 Å². The zero-order valence-corrected chi connectivity index (χ0v) is 17.4. The SMILES string of the molecule is Cc1c(C(=O)N2CCC(S(=O)(=O)c3ccc(Cl)cc3)C2)cnn1-c1ccccc1. The van der Waals surface area contributed by atoms with Crippen molar-refractivity contribution in [2.24, 2.45) is 0 Å². The quantitative estimate of drug-likeness (QED) is 0.636. The van der Waals surface area contributed by atoms with Gasteiger partial charge < -0.3 is 4.90 Å². The van der Waals surface area contributed by atoms with Gasteiger partial charge in [0, 0.05) is 18.1 Å². The van der Waals surface area contributed by atoms with Crippen molar-refractivity contribution in [2.45, 2.75) is 23.5 Å². The van der Waals surface area contributed by atoms with Gasteiger partial charge in [0.2, 0.25) is 0 Å². The number of aromatic nitrogens is 2. The second kappa shape index (κ2) is 7.65. The first-order chi connectivity index (χ1) is 13.9. The van der Waals surface area contributed by atoms with E-state index in [1.165, 1.54) is 12.1 Å². The highest BCUT2D eigenvalue weighted by atomic mass is 35.5. The molecule has 0 spiro atoms. The van der Waals surface area contributed by atoms with Crippen molar-refractivity contribution in [2.75, 3.05) is 13.1 Å². The Kier molecular flexibility index (Phi) is 5.19. The third-order valence-electron chi connectivity index (χ3n) is 5.25. The van der Waals surface area contributed by atoms with Crippen LogP contribution >= 0.6 is 11.6 Å². The average Bonchev–Trinajstić information content (AvgIpc) is 3.36. The van der Waals surface area contributed by atoms with E-state index in [1.54, 1.807) is 27.9 Å². The van der Waals surface area contributed by atoms with Crippen LogP contribution in [-0.4, -0.2) is 47.3 Å². The number of amides is 1. The van der Waals surface area contributed by atoms with E-state index in [0.717, 1.165) is 11.4 Å². The number of hydrogen-bond donors (Lipinski definition) is 0. The van der Waals surface area contributed by atoms with Crippen LogP contribution in [0, 0.1) is 6.92 Å². The fourth-order valence-electron chi connectivity index (χ4n) is 3.60. The van der Waals surface area contributed by atoms with Gasteiger partial charge in [-0.15, -0.1) is 0 Å². The molecule has 1 aliphatic rings. The lowest BCUT2D eigenvalue weighted by Gasteiger charge is -2.17. The number of likely N-dealkylation sites (tertiary alicyclic amines) is 1. The predicted octanol–water partition coefficient (Wildman–Crippen LogP) is 3.52. The Morgan fingerprint density at radius 2 is 1.79 bits per heavy atom. The first kappa shape index (κ1) is 19.7. The number of nitrogens with zero attached hydrogens (tertiary/aromatic N) is 3. The van der Waals surface area contributed by atoms with Crippen LogP contribution in [0.2, 0.25) is 5.02 Å². The molecule has 4 rings (SSSR count). The second-order valence-corrected chi connectivity index (χ2v) is 9.72. The van der Waals surface area contributed by atoms with Crippen molar-refractivity contribution in [3.63, 3.8) is 0 Å². The molecule has 1 saturated heterocycles. The minimum Gasteiger partial charge on any atom is -0.337 e. The molecule has 0 aliphatic carbocycles. The molecule has 150 valence electrons. The molecule has 0 bridgehead atoms. The number of halogens is 1. The van der Waals surface area contributed by atoms with Gasteiger partial charge in [0.1, 0.15) is 0 Å². The minimum absolute atomic E-state index is 0.166. The van der Waals surface area contributed by atoms with Gasteiger partial charge in [-0.05, 0) is 49.7 Å². The highest BCUT2D eigenvalue weighted by Gasteiger charge is 2.37. The monoisotopic (exact) mass is 429 g/mol.